The van der Waals surface area contributed by atoms with Gasteiger partial charge in [0.2, 0.25) is 0 Å². The highest BCUT2D eigenvalue weighted by molar-refractivity contribution is 6.33. The minimum absolute atomic E-state index is 0.0154. The van der Waals surface area contributed by atoms with E-state index >= 15 is 0 Å². The normalized spacial score (nSPS) is 20.4. The summed E-state index contributed by atoms with van der Waals surface area (Å²) >= 11 is 6.43. The highest BCUT2D eigenvalue weighted by atomic mass is 35.5. The van der Waals surface area contributed by atoms with Crippen LogP contribution < -0.4 is 10.2 Å². The van der Waals surface area contributed by atoms with E-state index in [-0.39, 0.29) is 39.7 Å². The molecule has 4 aromatic carbocycles. The van der Waals surface area contributed by atoms with Gasteiger partial charge in [0.25, 0.3) is 0 Å². The van der Waals surface area contributed by atoms with Gasteiger partial charge in [-0.25, -0.2) is 0 Å². The second-order valence-electron chi connectivity index (χ2n) is 14.4. The lowest BCUT2D eigenvalue weighted by atomic mass is 9.73. The van der Waals surface area contributed by atoms with Crippen LogP contribution in [0.25, 0.3) is 39.2 Å². The average Bonchev–Trinajstić information content (AvgIpc) is 3.13. The number of ether oxygens (including phenoxy) is 1. The second kappa shape index (κ2) is 13.9. The standard InChI is InChI=1S/C44H40ClNO7/c1-24-18-37(26-8-4-3-5-9-26)52-43-39(24)28(21-33(48)40(43)27-14-16-46(2)17-15-27)19-25-12-13-30(32(47)20-25)41-34(49)22-35(50)42-36(51)23-38(53-44(41)42)29-10-6-7-11-31(29)45/h3-11,14,18,21-23,25,30,32,47-50H,1,12-13,15-17,19-20H2,2H3/t25?,30-,32+/m1/s1. The van der Waals surface area contributed by atoms with Crippen molar-refractivity contribution in [2.24, 2.45) is 5.92 Å². The van der Waals surface area contributed by atoms with Gasteiger partial charge in [-0.3, -0.25) is 4.79 Å². The zero-order valence-electron chi connectivity index (χ0n) is 29.3. The molecule has 1 unspecified atom stereocenters. The topological polar surface area (TPSA) is 124 Å². The summed E-state index contributed by atoms with van der Waals surface area (Å²) in [6, 6.07) is 21.0. The molecule has 1 aliphatic carbocycles. The number of aliphatic hydroxyl groups is 1. The van der Waals surface area contributed by atoms with Crippen LogP contribution in [-0.4, -0.2) is 51.6 Å². The van der Waals surface area contributed by atoms with Gasteiger partial charge in [0.15, 0.2) is 5.43 Å². The molecule has 0 spiro atoms. The summed E-state index contributed by atoms with van der Waals surface area (Å²) in [7, 11) is 2.07. The lowest BCUT2D eigenvalue weighted by Gasteiger charge is -2.35. The number of halogens is 1. The molecule has 0 saturated heterocycles. The molecule has 4 N–H and O–H groups in total. The summed E-state index contributed by atoms with van der Waals surface area (Å²) in [5.41, 5.74) is 5.47. The van der Waals surface area contributed by atoms with Crippen molar-refractivity contribution in [3.63, 3.8) is 0 Å². The first-order valence-corrected chi connectivity index (χ1v) is 18.3. The summed E-state index contributed by atoms with van der Waals surface area (Å²) < 4.78 is 12.9. The van der Waals surface area contributed by atoms with Crippen LogP contribution in [0.15, 0.2) is 101 Å². The summed E-state index contributed by atoms with van der Waals surface area (Å²) in [5.74, 6) is 0.381. The third-order valence-corrected chi connectivity index (χ3v) is 11.2. The fraction of sp³-hybridized carbons (Fsp3) is 0.250. The van der Waals surface area contributed by atoms with Gasteiger partial charge in [-0.1, -0.05) is 66.7 Å². The molecule has 3 heterocycles. The van der Waals surface area contributed by atoms with E-state index in [1.807, 2.05) is 42.5 Å². The second-order valence-corrected chi connectivity index (χ2v) is 14.8. The number of aliphatic hydroxyl groups excluding tert-OH is 1. The number of aromatic hydroxyl groups is 3. The largest absolute Gasteiger partial charge is 0.507 e. The van der Waals surface area contributed by atoms with Gasteiger partial charge in [-0.15, -0.1) is 0 Å². The van der Waals surface area contributed by atoms with Gasteiger partial charge in [-0.2, -0.15) is 0 Å². The molecule has 5 aromatic rings. The minimum Gasteiger partial charge on any atom is -0.507 e. The molecule has 8 rings (SSSR count). The number of allylic oxidation sites excluding steroid dienone is 2. The van der Waals surface area contributed by atoms with E-state index in [1.165, 1.54) is 6.07 Å². The molecule has 3 atom stereocenters. The Bertz CT molecular complexity index is 2400. The number of nitrogens with zero attached hydrogens (tertiary/aromatic N) is 1. The fourth-order valence-corrected chi connectivity index (χ4v) is 8.50. The first-order valence-electron chi connectivity index (χ1n) is 17.9. The third-order valence-electron chi connectivity index (χ3n) is 10.9. The number of rotatable bonds is 6. The van der Waals surface area contributed by atoms with Gasteiger partial charge in [0, 0.05) is 53.4 Å². The molecule has 270 valence electrons. The molecule has 0 amide bonds. The maximum atomic E-state index is 13.3. The van der Waals surface area contributed by atoms with Gasteiger partial charge in [0.05, 0.1) is 16.7 Å². The highest BCUT2D eigenvalue weighted by Crippen LogP contribution is 2.50. The third kappa shape index (κ3) is 6.41. The first-order chi connectivity index (χ1) is 25.6. The number of likely N-dealkylation sites (N-methyl/N-ethyl adjacent to an activating group) is 1. The summed E-state index contributed by atoms with van der Waals surface area (Å²) in [6.07, 6.45) is 6.03. The SMILES string of the molecule is C=C1C=C(c2ccccc2)Oc2c(C3=CCN(C)CC3)c(O)cc(CC3CC[C@@H](c4c(O)cc(O)c5c(=O)cc(-c6ccccc6Cl)oc45)[C@@H](O)C3)c21. The molecule has 8 nitrogen and oxygen atoms in total. The van der Waals surface area contributed by atoms with E-state index in [4.69, 9.17) is 20.8 Å². The summed E-state index contributed by atoms with van der Waals surface area (Å²) in [6.45, 7) is 6.09. The monoisotopic (exact) mass is 729 g/mol. The van der Waals surface area contributed by atoms with Crippen molar-refractivity contribution < 1.29 is 29.6 Å². The number of hydrogen-bond donors (Lipinski definition) is 4. The number of phenolic OH excluding ortho intramolecular Hbond substituents is 3. The molecular formula is C44H40ClNO7. The fourth-order valence-electron chi connectivity index (χ4n) is 8.27. The van der Waals surface area contributed by atoms with Crippen molar-refractivity contribution in [2.75, 3.05) is 20.1 Å². The van der Waals surface area contributed by atoms with Gasteiger partial charge < -0.3 is 34.5 Å². The number of hydrogen-bond acceptors (Lipinski definition) is 8. The lowest BCUT2D eigenvalue weighted by Crippen LogP contribution is -2.29. The van der Waals surface area contributed by atoms with Crippen molar-refractivity contribution in [3.8, 4) is 34.3 Å². The Morgan fingerprint density at radius 3 is 2.45 bits per heavy atom. The van der Waals surface area contributed by atoms with E-state index in [2.05, 4.69) is 24.6 Å². The van der Waals surface area contributed by atoms with Crippen molar-refractivity contribution in [2.45, 2.75) is 44.1 Å². The van der Waals surface area contributed by atoms with Gasteiger partial charge in [0.1, 0.15) is 45.5 Å². The van der Waals surface area contributed by atoms with E-state index in [0.29, 0.717) is 53.3 Å². The van der Waals surface area contributed by atoms with Crippen molar-refractivity contribution >= 4 is 39.5 Å². The quantitative estimate of drug-likeness (QED) is 0.137. The Morgan fingerprint density at radius 1 is 0.943 bits per heavy atom. The molecular weight excluding hydrogens is 690 g/mol. The zero-order chi connectivity index (χ0) is 37.0. The zero-order valence-corrected chi connectivity index (χ0v) is 30.1. The Labute approximate surface area is 312 Å². The van der Waals surface area contributed by atoms with Crippen molar-refractivity contribution in [1.82, 2.24) is 4.90 Å². The summed E-state index contributed by atoms with van der Waals surface area (Å²) in [5, 5.41) is 45.6. The molecule has 53 heavy (non-hydrogen) atoms. The van der Waals surface area contributed by atoms with Crippen LogP contribution in [0.2, 0.25) is 5.02 Å². The maximum absolute atomic E-state index is 13.3. The Balaban J connectivity index is 1.13. The highest BCUT2D eigenvalue weighted by Gasteiger charge is 2.36. The molecule has 0 bridgehead atoms. The van der Waals surface area contributed by atoms with Crippen molar-refractivity contribution in [1.29, 1.82) is 0 Å². The Hall–Kier alpha value is -5.28. The predicted molar refractivity (Wildman–Crippen MR) is 208 cm³/mol. The number of fused-ring (bicyclic) bond motifs is 2. The maximum Gasteiger partial charge on any atom is 0.197 e. The van der Waals surface area contributed by atoms with E-state index < -0.39 is 23.2 Å². The van der Waals surface area contributed by atoms with Crippen LogP contribution >= 0.6 is 11.6 Å². The number of phenols is 3. The van der Waals surface area contributed by atoms with E-state index in [1.54, 1.807) is 24.3 Å². The van der Waals surface area contributed by atoms with Crippen LogP contribution in [0.4, 0.5) is 0 Å². The van der Waals surface area contributed by atoms with Crippen LogP contribution in [0.1, 0.15) is 59.4 Å². The molecule has 1 saturated carbocycles. The van der Waals surface area contributed by atoms with Crippen LogP contribution in [0, 0.1) is 5.92 Å². The molecule has 1 fully saturated rings. The smallest absolute Gasteiger partial charge is 0.197 e. The average molecular weight is 730 g/mol. The Morgan fingerprint density at radius 2 is 1.72 bits per heavy atom. The first kappa shape index (κ1) is 34.8. The summed E-state index contributed by atoms with van der Waals surface area (Å²) in [4.78, 5) is 15.6. The molecule has 2 aliphatic heterocycles. The molecule has 9 heteroatoms. The van der Waals surface area contributed by atoms with Crippen LogP contribution in [0.3, 0.4) is 0 Å². The van der Waals surface area contributed by atoms with Gasteiger partial charge >= 0.3 is 0 Å². The van der Waals surface area contributed by atoms with Crippen molar-refractivity contribution in [3.05, 3.63) is 135 Å². The number of benzene rings is 4. The molecule has 3 aliphatic rings. The lowest BCUT2D eigenvalue weighted by molar-refractivity contribution is 0.0776. The molecule has 0 radical (unpaired) electrons. The van der Waals surface area contributed by atoms with Gasteiger partial charge in [-0.05, 0) is 86.1 Å². The Kier molecular flexibility index (Phi) is 9.15. The van der Waals surface area contributed by atoms with Crippen LogP contribution in [-0.2, 0) is 6.42 Å². The van der Waals surface area contributed by atoms with E-state index in [9.17, 15) is 25.2 Å². The van der Waals surface area contributed by atoms with E-state index in [0.717, 1.165) is 53.4 Å². The molecule has 1 aromatic heterocycles. The van der Waals surface area contributed by atoms with Crippen LogP contribution in [0.5, 0.6) is 23.0 Å². The predicted octanol–water partition coefficient (Wildman–Crippen LogP) is 8.88. The minimum atomic E-state index is -0.904.